The first-order valence-electron chi connectivity index (χ1n) is 5.86. The summed E-state index contributed by atoms with van der Waals surface area (Å²) < 4.78 is 5.56. The molecule has 2 atom stereocenters. The summed E-state index contributed by atoms with van der Waals surface area (Å²) in [6, 6.07) is 16.0. The molecule has 2 aromatic rings. The molecule has 0 aromatic heterocycles. The van der Waals surface area contributed by atoms with E-state index >= 15 is 0 Å². The standard InChI is InChI=1S/C15H16O3/c1-11(15(17)12-7-3-2-4-8-12)18-14-10-6-5-9-13(14)16/h2-11,15-17H,1H3/t11-,15+/m0/s1. The van der Waals surface area contributed by atoms with Crippen LogP contribution in [-0.2, 0) is 0 Å². The van der Waals surface area contributed by atoms with Gasteiger partial charge in [0.25, 0.3) is 0 Å². The van der Waals surface area contributed by atoms with Crippen molar-refractivity contribution in [3.8, 4) is 11.5 Å². The lowest BCUT2D eigenvalue weighted by Crippen LogP contribution is -2.21. The van der Waals surface area contributed by atoms with Crippen molar-refractivity contribution in [3.63, 3.8) is 0 Å². The van der Waals surface area contributed by atoms with Crippen LogP contribution in [0.5, 0.6) is 11.5 Å². The number of hydrogen-bond acceptors (Lipinski definition) is 3. The van der Waals surface area contributed by atoms with Gasteiger partial charge in [0.05, 0.1) is 0 Å². The molecule has 0 unspecified atom stereocenters. The lowest BCUT2D eigenvalue weighted by atomic mass is 10.1. The van der Waals surface area contributed by atoms with E-state index in [0.717, 1.165) is 5.56 Å². The summed E-state index contributed by atoms with van der Waals surface area (Å²) in [5.74, 6) is 0.449. The van der Waals surface area contributed by atoms with E-state index in [-0.39, 0.29) is 5.75 Å². The van der Waals surface area contributed by atoms with Crippen LogP contribution in [0.3, 0.4) is 0 Å². The highest BCUT2D eigenvalue weighted by molar-refractivity contribution is 5.38. The zero-order valence-corrected chi connectivity index (χ0v) is 10.2. The number of ether oxygens (including phenoxy) is 1. The molecule has 0 heterocycles. The maximum atomic E-state index is 10.1. The maximum absolute atomic E-state index is 10.1. The van der Waals surface area contributed by atoms with Crippen molar-refractivity contribution in [2.24, 2.45) is 0 Å². The maximum Gasteiger partial charge on any atom is 0.161 e. The monoisotopic (exact) mass is 244 g/mol. The van der Waals surface area contributed by atoms with Gasteiger partial charge in [0, 0.05) is 0 Å². The van der Waals surface area contributed by atoms with E-state index in [9.17, 15) is 10.2 Å². The Bertz CT molecular complexity index is 496. The molecule has 0 amide bonds. The molecule has 0 bridgehead atoms. The Balaban J connectivity index is 2.09. The number of phenolic OH excluding ortho intramolecular Hbond substituents is 1. The minimum Gasteiger partial charge on any atom is -0.504 e. The van der Waals surface area contributed by atoms with Gasteiger partial charge in [-0.2, -0.15) is 0 Å². The molecule has 0 saturated carbocycles. The fourth-order valence-electron chi connectivity index (χ4n) is 1.74. The Morgan fingerprint density at radius 3 is 2.22 bits per heavy atom. The van der Waals surface area contributed by atoms with Gasteiger partial charge in [0.2, 0.25) is 0 Å². The number of aliphatic hydroxyl groups is 1. The second-order valence-corrected chi connectivity index (χ2v) is 4.15. The van der Waals surface area contributed by atoms with Crippen molar-refractivity contribution >= 4 is 0 Å². The third-order valence-corrected chi connectivity index (χ3v) is 2.76. The van der Waals surface area contributed by atoms with Gasteiger partial charge in [0.15, 0.2) is 11.5 Å². The molecule has 0 radical (unpaired) electrons. The molecular formula is C15H16O3. The summed E-state index contributed by atoms with van der Waals surface area (Å²) in [6.07, 6.45) is -1.17. The zero-order valence-electron chi connectivity index (χ0n) is 10.2. The van der Waals surface area contributed by atoms with Gasteiger partial charge in [-0.05, 0) is 24.6 Å². The molecule has 0 spiro atoms. The van der Waals surface area contributed by atoms with E-state index in [1.165, 1.54) is 0 Å². The fraction of sp³-hybridized carbons (Fsp3) is 0.200. The lowest BCUT2D eigenvalue weighted by Gasteiger charge is -2.21. The molecule has 2 N–H and O–H groups in total. The summed E-state index contributed by atoms with van der Waals surface area (Å²) >= 11 is 0. The molecule has 3 heteroatoms. The van der Waals surface area contributed by atoms with Crippen LogP contribution in [0.15, 0.2) is 54.6 Å². The Hall–Kier alpha value is -2.00. The second kappa shape index (κ2) is 5.56. The van der Waals surface area contributed by atoms with Gasteiger partial charge in [-0.3, -0.25) is 0 Å². The van der Waals surface area contributed by atoms with Crippen LogP contribution >= 0.6 is 0 Å². The van der Waals surface area contributed by atoms with E-state index in [1.54, 1.807) is 31.2 Å². The minimum absolute atomic E-state index is 0.0737. The minimum atomic E-state index is -0.731. The van der Waals surface area contributed by atoms with Crippen LogP contribution in [0, 0.1) is 0 Å². The Morgan fingerprint density at radius 1 is 0.944 bits per heavy atom. The van der Waals surface area contributed by atoms with Gasteiger partial charge in [-0.15, -0.1) is 0 Å². The van der Waals surface area contributed by atoms with E-state index in [2.05, 4.69) is 0 Å². The third kappa shape index (κ3) is 2.81. The number of phenols is 1. The van der Waals surface area contributed by atoms with E-state index in [0.29, 0.717) is 5.75 Å². The number of benzene rings is 2. The highest BCUT2D eigenvalue weighted by atomic mass is 16.5. The predicted molar refractivity (Wildman–Crippen MR) is 69.6 cm³/mol. The highest BCUT2D eigenvalue weighted by Crippen LogP contribution is 2.28. The van der Waals surface area contributed by atoms with Crippen LogP contribution in [0.4, 0.5) is 0 Å². The first-order valence-corrected chi connectivity index (χ1v) is 5.86. The second-order valence-electron chi connectivity index (χ2n) is 4.15. The summed E-state index contributed by atoms with van der Waals surface area (Å²) in [6.45, 7) is 1.77. The predicted octanol–water partition coefficient (Wildman–Crippen LogP) is 2.89. The summed E-state index contributed by atoms with van der Waals surface area (Å²) in [5.41, 5.74) is 0.792. The quantitative estimate of drug-likeness (QED) is 0.869. The van der Waals surface area contributed by atoms with Gasteiger partial charge in [0.1, 0.15) is 12.2 Å². The highest BCUT2D eigenvalue weighted by Gasteiger charge is 2.18. The molecule has 0 fully saturated rings. The molecule has 94 valence electrons. The Labute approximate surface area is 106 Å². The van der Waals surface area contributed by atoms with Crippen molar-refractivity contribution in [3.05, 3.63) is 60.2 Å². The largest absolute Gasteiger partial charge is 0.504 e. The first kappa shape index (κ1) is 12.5. The van der Waals surface area contributed by atoms with Crippen molar-refractivity contribution in [2.75, 3.05) is 0 Å². The van der Waals surface area contributed by atoms with Gasteiger partial charge in [-0.25, -0.2) is 0 Å². The van der Waals surface area contributed by atoms with Crippen LogP contribution in [0.2, 0.25) is 0 Å². The van der Waals surface area contributed by atoms with Crippen LogP contribution in [0.25, 0.3) is 0 Å². The van der Waals surface area contributed by atoms with Crippen molar-refractivity contribution < 1.29 is 14.9 Å². The number of para-hydroxylation sites is 2. The number of rotatable bonds is 4. The Morgan fingerprint density at radius 2 is 1.56 bits per heavy atom. The van der Waals surface area contributed by atoms with Crippen LogP contribution in [-0.4, -0.2) is 16.3 Å². The normalized spacial score (nSPS) is 13.9. The molecule has 2 aromatic carbocycles. The smallest absolute Gasteiger partial charge is 0.161 e. The van der Waals surface area contributed by atoms with Crippen LogP contribution in [0.1, 0.15) is 18.6 Å². The Kier molecular flexibility index (Phi) is 3.85. The average molecular weight is 244 g/mol. The molecule has 0 aliphatic rings. The summed E-state index contributed by atoms with van der Waals surface area (Å²) in [4.78, 5) is 0. The number of hydrogen-bond donors (Lipinski definition) is 2. The molecule has 0 saturated heterocycles. The molecule has 2 rings (SSSR count). The SMILES string of the molecule is C[C@H](Oc1ccccc1O)[C@@H](O)c1ccccc1. The van der Waals surface area contributed by atoms with E-state index < -0.39 is 12.2 Å². The van der Waals surface area contributed by atoms with Crippen molar-refractivity contribution in [1.82, 2.24) is 0 Å². The first-order chi connectivity index (χ1) is 8.68. The van der Waals surface area contributed by atoms with Crippen LogP contribution < -0.4 is 4.74 Å². The van der Waals surface area contributed by atoms with Gasteiger partial charge >= 0.3 is 0 Å². The van der Waals surface area contributed by atoms with E-state index in [1.807, 2.05) is 30.3 Å². The molecular weight excluding hydrogens is 228 g/mol. The fourth-order valence-corrected chi connectivity index (χ4v) is 1.74. The summed E-state index contributed by atoms with van der Waals surface area (Å²) in [5, 5.41) is 19.7. The topological polar surface area (TPSA) is 49.7 Å². The van der Waals surface area contributed by atoms with Crippen molar-refractivity contribution in [2.45, 2.75) is 19.1 Å². The van der Waals surface area contributed by atoms with E-state index in [4.69, 9.17) is 4.74 Å². The molecule has 3 nitrogen and oxygen atoms in total. The third-order valence-electron chi connectivity index (χ3n) is 2.76. The van der Waals surface area contributed by atoms with Gasteiger partial charge < -0.3 is 14.9 Å². The number of aliphatic hydroxyl groups excluding tert-OH is 1. The molecule has 18 heavy (non-hydrogen) atoms. The summed E-state index contributed by atoms with van der Waals surface area (Å²) in [7, 11) is 0. The zero-order chi connectivity index (χ0) is 13.0. The molecule has 0 aliphatic carbocycles. The average Bonchev–Trinajstić information content (AvgIpc) is 2.41. The van der Waals surface area contributed by atoms with Crippen molar-refractivity contribution in [1.29, 1.82) is 0 Å². The molecule has 0 aliphatic heterocycles. The van der Waals surface area contributed by atoms with Gasteiger partial charge in [-0.1, -0.05) is 42.5 Å². The lowest BCUT2D eigenvalue weighted by molar-refractivity contribution is 0.0452. The number of aromatic hydroxyl groups is 1.